The number of aromatic nitrogens is 1. The molecule has 4 heteroatoms. The van der Waals surface area contributed by atoms with Gasteiger partial charge in [0.2, 0.25) is 11.2 Å². The van der Waals surface area contributed by atoms with Gasteiger partial charge in [0, 0.05) is 6.07 Å². The van der Waals surface area contributed by atoms with Crippen LogP contribution in [0.2, 0.25) is 0 Å². The minimum absolute atomic E-state index is 0.000615. The highest BCUT2D eigenvalue weighted by Crippen LogP contribution is 2.34. The zero-order valence-electron chi connectivity index (χ0n) is 14.3. The van der Waals surface area contributed by atoms with Crippen molar-refractivity contribution in [3.8, 4) is 28.5 Å². The number of phenolic OH excluding ortho intramolecular Hbond substituents is 2. The molecule has 0 radical (unpaired) electrons. The lowest BCUT2D eigenvalue weighted by molar-refractivity contribution is -0.633. The van der Waals surface area contributed by atoms with E-state index in [0.717, 1.165) is 22.2 Å². The van der Waals surface area contributed by atoms with Crippen molar-refractivity contribution >= 4 is 10.9 Å². The van der Waals surface area contributed by atoms with Gasteiger partial charge in [0.05, 0.1) is 17.0 Å². The summed E-state index contributed by atoms with van der Waals surface area (Å²) >= 11 is 0. The van der Waals surface area contributed by atoms with E-state index in [-0.39, 0.29) is 22.7 Å². The summed E-state index contributed by atoms with van der Waals surface area (Å²) in [7, 11) is 1.91. The molecule has 0 atom stereocenters. The van der Waals surface area contributed by atoms with Gasteiger partial charge in [-0.1, -0.05) is 26.8 Å². The molecule has 2 aromatic carbocycles. The van der Waals surface area contributed by atoms with Crippen molar-refractivity contribution in [2.75, 3.05) is 0 Å². The molecule has 0 saturated heterocycles. The number of phenols is 2. The molecule has 3 rings (SSSR count). The Labute approximate surface area is 141 Å². The maximum Gasteiger partial charge on any atom is 0.216 e. The first-order valence-electron chi connectivity index (χ1n) is 7.87. The van der Waals surface area contributed by atoms with Crippen LogP contribution >= 0.6 is 0 Å². The molecule has 0 spiro atoms. The maximum atomic E-state index is 10.5. The van der Waals surface area contributed by atoms with Crippen molar-refractivity contribution in [1.82, 2.24) is 0 Å². The maximum absolute atomic E-state index is 10.5. The Morgan fingerprint density at radius 2 is 1.50 bits per heavy atom. The third-order valence-corrected chi connectivity index (χ3v) is 4.41. The first kappa shape index (κ1) is 16.1. The average Bonchev–Trinajstić information content (AvgIpc) is 2.52. The van der Waals surface area contributed by atoms with Crippen LogP contribution in [-0.4, -0.2) is 15.3 Å². The molecule has 24 heavy (non-hydrogen) atoms. The molecule has 1 heterocycles. The second-order valence-electron chi connectivity index (χ2n) is 7.16. The largest absolute Gasteiger partial charge is 0.507 e. The summed E-state index contributed by atoms with van der Waals surface area (Å²) in [5.74, 6) is -0.159. The fourth-order valence-electron chi connectivity index (χ4n) is 2.89. The molecule has 3 aromatic rings. The van der Waals surface area contributed by atoms with Gasteiger partial charge in [-0.25, -0.2) is 0 Å². The van der Waals surface area contributed by atoms with Crippen molar-refractivity contribution in [2.45, 2.75) is 26.2 Å². The highest BCUT2D eigenvalue weighted by molar-refractivity contribution is 5.85. The van der Waals surface area contributed by atoms with Crippen molar-refractivity contribution in [3.05, 3.63) is 48.0 Å². The third kappa shape index (κ3) is 2.64. The molecule has 0 aliphatic heterocycles. The van der Waals surface area contributed by atoms with E-state index in [2.05, 4.69) is 26.8 Å². The van der Waals surface area contributed by atoms with E-state index in [4.69, 9.17) is 0 Å². The second kappa shape index (κ2) is 5.41. The Morgan fingerprint density at radius 1 is 0.792 bits per heavy atom. The molecule has 0 aliphatic rings. The van der Waals surface area contributed by atoms with Crippen LogP contribution in [0.3, 0.4) is 0 Å². The lowest BCUT2D eigenvalue weighted by atomic mass is 9.86. The van der Waals surface area contributed by atoms with Crippen molar-refractivity contribution < 1.29 is 19.9 Å². The fraction of sp³-hybridized carbons (Fsp3) is 0.250. The molecule has 0 saturated carbocycles. The zero-order valence-corrected chi connectivity index (χ0v) is 14.3. The monoisotopic (exact) mass is 324 g/mol. The Bertz CT molecular complexity index is 940. The lowest BCUT2D eigenvalue weighted by Gasteiger charge is -2.19. The van der Waals surface area contributed by atoms with E-state index >= 15 is 0 Å². The van der Waals surface area contributed by atoms with Gasteiger partial charge in [0.15, 0.2) is 11.5 Å². The molecule has 3 N–H and O–H groups in total. The summed E-state index contributed by atoms with van der Waals surface area (Å²) in [6.45, 7) is 6.41. The van der Waals surface area contributed by atoms with Gasteiger partial charge in [-0.2, -0.15) is 4.57 Å². The van der Waals surface area contributed by atoms with Crippen LogP contribution in [0.4, 0.5) is 0 Å². The molecular formula is C20H22NO3+. The predicted molar refractivity (Wildman–Crippen MR) is 94.3 cm³/mol. The van der Waals surface area contributed by atoms with E-state index in [1.165, 1.54) is 12.1 Å². The van der Waals surface area contributed by atoms with Crippen LogP contribution in [0, 0.1) is 0 Å². The standard InChI is InChI=1S/C20H21NO3/c1-20(2,3)13-6-7-15-14(10-13)18(23)11-16(21(15)4)12-5-8-17(22)19(24)9-12/h5-11H,1-4H3,(H2,22,23,24)/p+1. The van der Waals surface area contributed by atoms with Crippen LogP contribution in [0.1, 0.15) is 26.3 Å². The summed E-state index contributed by atoms with van der Waals surface area (Å²) < 4.78 is 1.97. The number of aromatic hydroxyl groups is 3. The van der Waals surface area contributed by atoms with Crippen LogP contribution < -0.4 is 4.57 Å². The minimum atomic E-state index is -0.185. The number of pyridine rings is 1. The summed E-state index contributed by atoms with van der Waals surface area (Å²) in [6.07, 6.45) is 0. The lowest BCUT2D eigenvalue weighted by Crippen LogP contribution is -2.32. The molecule has 124 valence electrons. The molecule has 4 nitrogen and oxygen atoms in total. The zero-order chi connectivity index (χ0) is 17.6. The van der Waals surface area contributed by atoms with Crippen LogP contribution in [-0.2, 0) is 12.5 Å². The topological polar surface area (TPSA) is 64.6 Å². The smallest absolute Gasteiger partial charge is 0.216 e. The number of aryl methyl sites for hydroxylation is 1. The molecule has 0 aliphatic carbocycles. The minimum Gasteiger partial charge on any atom is -0.507 e. The first-order valence-corrected chi connectivity index (χ1v) is 7.87. The highest BCUT2D eigenvalue weighted by atomic mass is 16.3. The Hall–Kier alpha value is -2.75. The van der Waals surface area contributed by atoms with Gasteiger partial charge in [-0.3, -0.25) is 0 Å². The highest BCUT2D eigenvalue weighted by Gasteiger charge is 2.21. The summed E-state index contributed by atoms with van der Waals surface area (Å²) in [5, 5.41) is 30.5. The van der Waals surface area contributed by atoms with Gasteiger partial charge in [0.1, 0.15) is 12.8 Å². The van der Waals surface area contributed by atoms with E-state index < -0.39 is 0 Å². The average molecular weight is 324 g/mol. The molecule has 0 bridgehead atoms. The Morgan fingerprint density at radius 3 is 2.12 bits per heavy atom. The number of hydrogen-bond acceptors (Lipinski definition) is 3. The van der Waals surface area contributed by atoms with Gasteiger partial charge in [0.25, 0.3) is 0 Å². The SMILES string of the molecule is C[n+]1c(-c2ccc(O)c(O)c2)cc(O)c2cc(C(C)(C)C)ccc21. The van der Waals surface area contributed by atoms with Gasteiger partial charge >= 0.3 is 0 Å². The van der Waals surface area contributed by atoms with Crippen LogP contribution in [0.25, 0.3) is 22.2 Å². The molecule has 0 unspecified atom stereocenters. The quantitative estimate of drug-likeness (QED) is 0.472. The number of fused-ring (bicyclic) bond motifs is 1. The summed E-state index contributed by atoms with van der Waals surface area (Å²) in [6, 6.07) is 12.4. The summed E-state index contributed by atoms with van der Waals surface area (Å²) in [4.78, 5) is 0. The number of nitrogens with zero attached hydrogens (tertiary/aromatic N) is 1. The molecule has 0 amide bonds. The normalized spacial score (nSPS) is 11.8. The van der Waals surface area contributed by atoms with Crippen LogP contribution in [0.15, 0.2) is 42.5 Å². The van der Waals surface area contributed by atoms with E-state index in [1.54, 1.807) is 12.1 Å². The first-order chi connectivity index (χ1) is 11.2. The third-order valence-electron chi connectivity index (χ3n) is 4.41. The summed E-state index contributed by atoms with van der Waals surface area (Å²) in [5.41, 5.74) is 3.51. The molecule has 0 fully saturated rings. The Balaban J connectivity index is 2.25. The Kier molecular flexibility index (Phi) is 3.63. The van der Waals surface area contributed by atoms with E-state index in [0.29, 0.717) is 5.56 Å². The van der Waals surface area contributed by atoms with Crippen molar-refractivity contribution in [2.24, 2.45) is 7.05 Å². The fourth-order valence-corrected chi connectivity index (χ4v) is 2.89. The number of benzene rings is 2. The number of rotatable bonds is 1. The predicted octanol–water partition coefficient (Wildman–Crippen LogP) is 3.75. The van der Waals surface area contributed by atoms with E-state index in [1.807, 2.05) is 23.7 Å². The van der Waals surface area contributed by atoms with Gasteiger partial charge < -0.3 is 15.3 Å². The van der Waals surface area contributed by atoms with Gasteiger partial charge in [-0.15, -0.1) is 0 Å². The van der Waals surface area contributed by atoms with Crippen molar-refractivity contribution in [1.29, 1.82) is 0 Å². The van der Waals surface area contributed by atoms with Crippen molar-refractivity contribution in [3.63, 3.8) is 0 Å². The second-order valence-corrected chi connectivity index (χ2v) is 7.16. The number of hydrogen-bond donors (Lipinski definition) is 3. The molecular weight excluding hydrogens is 302 g/mol. The van der Waals surface area contributed by atoms with E-state index in [9.17, 15) is 15.3 Å². The van der Waals surface area contributed by atoms with Crippen LogP contribution in [0.5, 0.6) is 17.2 Å². The molecule has 1 aromatic heterocycles. The van der Waals surface area contributed by atoms with Gasteiger partial charge in [-0.05, 0) is 35.2 Å².